The van der Waals surface area contributed by atoms with Crippen LogP contribution >= 0.6 is 12.2 Å². The molecule has 0 spiro atoms. The number of aromatic amines is 1. The van der Waals surface area contributed by atoms with Gasteiger partial charge in [0.15, 0.2) is 5.58 Å². The lowest BCUT2D eigenvalue weighted by molar-refractivity contribution is 0.0587. The molecule has 0 aliphatic rings. The number of H-pyrrole nitrogens is 1. The number of carbonyl (C=O) groups is 1. The van der Waals surface area contributed by atoms with E-state index in [1.54, 1.807) is 18.2 Å². The summed E-state index contributed by atoms with van der Waals surface area (Å²) in [5, 5.41) is 12.2. The zero-order valence-electron chi connectivity index (χ0n) is 11.0. The predicted molar refractivity (Wildman–Crippen MR) is 76.2 cm³/mol. The van der Waals surface area contributed by atoms with Crippen LogP contribution in [-0.4, -0.2) is 42.4 Å². The Kier molecular flexibility index (Phi) is 4.89. The number of fused-ring (bicyclic) bond motifs is 1. The second-order valence-corrected chi connectivity index (χ2v) is 4.75. The lowest BCUT2D eigenvalue weighted by Gasteiger charge is -2.10. The van der Waals surface area contributed by atoms with E-state index in [2.05, 4.69) is 10.3 Å². The fourth-order valence-electron chi connectivity index (χ4n) is 1.82. The highest BCUT2D eigenvalue weighted by atomic mass is 32.1. The average Bonchev–Trinajstić information content (AvgIpc) is 2.77. The van der Waals surface area contributed by atoms with Crippen LogP contribution in [-0.2, 0) is 4.74 Å². The summed E-state index contributed by atoms with van der Waals surface area (Å²) in [7, 11) is 1.52. The number of hydrogen-bond donors (Lipinski definition) is 3. The molecular formula is C13H16N2O4S. The maximum atomic E-state index is 11.9. The van der Waals surface area contributed by atoms with Crippen molar-refractivity contribution in [2.45, 2.75) is 12.5 Å². The standard InChI is InChI=1S/C13H16N2O4S/c1-18-7-9(16)4-5-14-12(17)8-2-3-10-11(6-8)19-13(20)15-10/h2-3,6,9,16H,4-5,7H2,1H3,(H,14,17)(H,15,20). The molecule has 0 aliphatic carbocycles. The smallest absolute Gasteiger partial charge is 0.266 e. The number of aliphatic hydroxyl groups is 1. The summed E-state index contributed by atoms with van der Waals surface area (Å²) in [6.07, 6.45) is -0.141. The number of nitrogens with one attached hydrogen (secondary N) is 2. The first-order valence-corrected chi connectivity index (χ1v) is 6.59. The molecule has 0 fully saturated rings. The van der Waals surface area contributed by atoms with Crippen LogP contribution in [0.5, 0.6) is 0 Å². The van der Waals surface area contributed by atoms with Crippen molar-refractivity contribution in [1.82, 2.24) is 10.3 Å². The molecule has 1 amide bonds. The van der Waals surface area contributed by atoms with Crippen LogP contribution in [0.2, 0.25) is 0 Å². The molecular weight excluding hydrogens is 280 g/mol. The summed E-state index contributed by atoms with van der Waals surface area (Å²) in [6.45, 7) is 0.629. The van der Waals surface area contributed by atoms with Crippen LogP contribution in [0.25, 0.3) is 11.1 Å². The van der Waals surface area contributed by atoms with Gasteiger partial charge in [-0.05, 0) is 36.8 Å². The molecule has 20 heavy (non-hydrogen) atoms. The molecule has 1 atom stereocenters. The molecule has 2 rings (SSSR count). The molecule has 0 radical (unpaired) electrons. The van der Waals surface area contributed by atoms with Gasteiger partial charge in [-0.25, -0.2) is 0 Å². The Morgan fingerprint density at radius 3 is 3.15 bits per heavy atom. The number of aromatic nitrogens is 1. The van der Waals surface area contributed by atoms with Crippen molar-refractivity contribution in [3.05, 3.63) is 28.6 Å². The summed E-state index contributed by atoms with van der Waals surface area (Å²) in [5.74, 6) is -0.223. The number of oxazole rings is 1. The normalized spacial score (nSPS) is 12.5. The van der Waals surface area contributed by atoms with Gasteiger partial charge in [0.05, 0.1) is 18.2 Å². The van der Waals surface area contributed by atoms with Crippen molar-refractivity contribution in [3.63, 3.8) is 0 Å². The Morgan fingerprint density at radius 1 is 1.60 bits per heavy atom. The van der Waals surface area contributed by atoms with Gasteiger partial charge in [0.2, 0.25) is 0 Å². The van der Waals surface area contributed by atoms with Crippen LogP contribution in [0.15, 0.2) is 22.6 Å². The highest BCUT2D eigenvalue weighted by molar-refractivity contribution is 7.71. The number of rotatable bonds is 6. The molecule has 0 saturated carbocycles. The number of methoxy groups -OCH3 is 1. The maximum Gasteiger partial charge on any atom is 0.266 e. The number of carbonyl (C=O) groups excluding carboxylic acids is 1. The maximum absolute atomic E-state index is 11.9. The molecule has 0 bridgehead atoms. The summed E-state index contributed by atoms with van der Waals surface area (Å²) in [5.41, 5.74) is 1.78. The van der Waals surface area contributed by atoms with Crippen molar-refractivity contribution in [2.24, 2.45) is 0 Å². The Labute approximate surface area is 120 Å². The third kappa shape index (κ3) is 3.66. The highest BCUT2D eigenvalue weighted by Crippen LogP contribution is 2.15. The number of amides is 1. The molecule has 2 aromatic rings. The van der Waals surface area contributed by atoms with E-state index < -0.39 is 6.10 Å². The largest absolute Gasteiger partial charge is 0.429 e. The SMILES string of the molecule is COCC(O)CCNC(=O)c1ccc2[nH]c(=S)oc2c1. The van der Waals surface area contributed by atoms with E-state index in [1.807, 2.05) is 0 Å². The van der Waals surface area contributed by atoms with Crippen molar-refractivity contribution >= 4 is 29.2 Å². The van der Waals surface area contributed by atoms with Gasteiger partial charge in [-0.2, -0.15) is 0 Å². The minimum atomic E-state index is -0.578. The molecule has 1 unspecified atom stereocenters. The molecule has 3 N–H and O–H groups in total. The lowest BCUT2D eigenvalue weighted by Crippen LogP contribution is -2.28. The zero-order chi connectivity index (χ0) is 14.5. The third-order valence-corrected chi connectivity index (χ3v) is 2.99. The monoisotopic (exact) mass is 296 g/mol. The van der Waals surface area contributed by atoms with E-state index in [0.29, 0.717) is 24.1 Å². The first kappa shape index (κ1) is 14.7. The van der Waals surface area contributed by atoms with Gasteiger partial charge in [0.25, 0.3) is 10.7 Å². The fraction of sp³-hybridized carbons (Fsp3) is 0.385. The second kappa shape index (κ2) is 6.65. The third-order valence-electron chi connectivity index (χ3n) is 2.81. The Bertz CT molecular complexity index is 649. The van der Waals surface area contributed by atoms with Crippen molar-refractivity contribution in [3.8, 4) is 0 Å². The van der Waals surface area contributed by atoms with E-state index in [-0.39, 0.29) is 17.4 Å². The zero-order valence-corrected chi connectivity index (χ0v) is 11.8. The highest BCUT2D eigenvalue weighted by Gasteiger charge is 2.09. The summed E-state index contributed by atoms with van der Waals surface area (Å²) in [4.78, 5) is 15.1. The van der Waals surface area contributed by atoms with Crippen LogP contribution in [0.4, 0.5) is 0 Å². The minimum Gasteiger partial charge on any atom is -0.429 e. The Morgan fingerprint density at radius 2 is 2.40 bits per heavy atom. The van der Waals surface area contributed by atoms with E-state index >= 15 is 0 Å². The lowest BCUT2D eigenvalue weighted by atomic mass is 10.2. The first-order chi connectivity index (χ1) is 9.60. The van der Waals surface area contributed by atoms with Crippen molar-refractivity contribution in [2.75, 3.05) is 20.3 Å². The molecule has 1 heterocycles. The number of benzene rings is 1. The molecule has 7 heteroatoms. The van der Waals surface area contributed by atoms with Crippen molar-refractivity contribution < 1.29 is 19.1 Å². The van der Waals surface area contributed by atoms with Gasteiger partial charge in [-0.1, -0.05) is 0 Å². The quantitative estimate of drug-likeness (QED) is 0.705. The molecule has 0 saturated heterocycles. The Hall–Kier alpha value is -1.70. The molecule has 6 nitrogen and oxygen atoms in total. The van der Waals surface area contributed by atoms with Crippen LogP contribution < -0.4 is 5.32 Å². The number of hydrogen-bond acceptors (Lipinski definition) is 5. The van der Waals surface area contributed by atoms with E-state index in [9.17, 15) is 9.90 Å². The summed E-state index contributed by atoms with van der Waals surface area (Å²) >= 11 is 4.88. The second-order valence-electron chi connectivity index (χ2n) is 4.38. The summed E-state index contributed by atoms with van der Waals surface area (Å²) in [6, 6.07) is 5.05. The molecule has 0 aliphatic heterocycles. The van der Waals surface area contributed by atoms with Crippen molar-refractivity contribution in [1.29, 1.82) is 0 Å². The topological polar surface area (TPSA) is 87.5 Å². The minimum absolute atomic E-state index is 0.223. The number of ether oxygens (including phenoxy) is 1. The van der Waals surface area contributed by atoms with E-state index in [4.69, 9.17) is 21.4 Å². The van der Waals surface area contributed by atoms with Gasteiger partial charge in [0, 0.05) is 19.2 Å². The fourth-order valence-corrected chi connectivity index (χ4v) is 2.02. The molecule has 1 aromatic heterocycles. The van der Waals surface area contributed by atoms with Gasteiger partial charge in [-0.3, -0.25) is 4.79 Å². The molecule has 108 valence electrons. The van der Waals surface area contributed by atoms with E-state index in [1.165, 1.54) is 7.11 Å². The number of aliphatic hydroxyl groups excluding tert-OH is 1. The van der Waals surface area contributed by atoms with Crippen LogP contribution in [0.3, 0.4) is 0 Å². The summed E-state index contributed by atoms with van der Waals surface area (Å²) < 4.78 is 10.1. The van der Waals surface area contributed by atoms with Gasteiger partial charge in [0.1, 0.15) is 0 Å². The van der Waals surface area contributed by atoms with Gasteiger partial charge in [-0.15, -0.1) is 0 Å². The van der Waals surface area contributed by atoms with Gasteiger partial charge >= 0.3 is 0 Å². The van der Waals surface area contributed by atoms with E-state index in [0.717, 1.165) is 5.52 Å². The predicted octanol–water partition coefficient (Wildman–Crippen LogP) is 1.62. The Balaban J connectivity index is 1.95. The van der Waals surface area contributed by atoms with Gasteiger partial charge < -0.3 is 24.6 Å². The van der Waals surface area contributed by atoms with Crippen LogP contribution in [0.1, 0.15) is 16.8 Å². The van der Waals surface area contributed by atoms with Crippen LogP contribution in [0, 0.1) is 4.84 Å². The molecule has 1 aromatic carbocycles. The first-order valence-electron chi connectivity index (χ1n) is 6.18. The average molecular weight is 296 g/mol.